The molecule has 0 aliphatic carbocycles. The lowest BCUT2D eigenvalue weighted by Gasteiger charge is -2.33. The van der Waals surface area contributed by atoms with Gasteiger partial charge in [-0.2, -0.15) is 0 Å². The van der Waals surface area contributed by atoms with Crippen LogP contribution < -0.4 is 0 Å². The number of carbonyl (C=O) groups is 1. The minimum Gasteiger partial charge on any atom is -0.508 e. The summed E-state index contributed by atoms with van der Waals surface area (Å²) in [5.41, 5.74) is 1.10. The number of carbonyl (C=O) groups excluding carboxylic acids is 1. The van der Waals surface area contributed by atoms with Crippen molar-refractivity contribution in [1.29, 1.82) is 0 Å². The maximum Gasteiger partial charge on any atom is 0.414 e. The summed E-state index contributed by atoms with van der Waals surface area (Å²) in [6.07, 6.45) is 2.60. The summed E-state index contributed by atoms with van der Waals surface area (Å²) in [6.45, 7) is 8.30. The number of phenols is 1. The van der Waals surface area contributed by atoms with E-state index in [0.717, 1.165) is 17.7 Å². The van der Waals surface area contributed by atoms with E-state index in [1.807, 2.05) is 32.9 Å². The van der Waals surface area contributed by atoms with Gasteiger partial charge in [-0.3, -0.25) is 4.90 Å². The van der Waals surface area contributed by atoms with E-state index in [-0.39, 0.29) is 11.8 Å². The Morgan fingerprint density at radius 2 is 2.10 bits per heavy atom. The third kappa shape index (κ3) is 4.00. The molecule has 1 aromatic rings. The molecule has 1 atom stereocenters. The molecule has 1 aliphatic rings. The maximum atomic E-state index is 12.4. The van der Waals surface area contributed by atoms with Crippen LogP contribution in [-0.2, 0) is 4.74 Å². The number of aromatic hydroxyl groups is 1. The number of hydrogen-bond acceptors (Lipinski definition) is 3. The molecule has 1 aliphatic heterocycles. The Morgan fingerprint density at radius 1 is 1.38 bits per heavy atom. The summed E-state index contributed by atoms with van der Waals surface area (Å²) in [6, 6.07) is 6.95. The van der Waals surface area contributed by atoms with Crippen LogP contribution in [0.3, 0.4) is 0 Å². The first kappa shape index (κ1) is 15.4. The van der Waals surface area contributed by atoms with Crippen LogP contribution in [0.2, 0.25) is 0 Å². The van der Waals surface area contributed by atoms with Crippen molar-refractivity contribution in [3.63, 3.8) is 0 Å². The molecule has 4 heteroatoms. The molecule has 21 heavy (non-hydrogen) atoms. The second-order valence-corrected chi connectivity index (χ2v) is 6.57. The highest BCUT2D eigenvalue weighted by Crippen LogP contribution is 2.30. The molecule has 0 radical (unpaired) electrons. The molecule has 0 spiro atoms. The van der Waals surface area contributed by atoms with Gasteiger partial charge in [0.1, 0.15) is 11.4 Å². The third-order valence-electron chi connectivity index (χ3n) is 3.25. The topological polar surface area (TPSA) is 49.8 Å². The van der Waals surface area contributed by atoms with Crippen molar-refractivity contribution in [3.8, 4) is 5.75 Å². The molecule has 0 bridgehead atoms. The highest BCUT2D eigenvalue weighted by Gasteiger charge is 2.29. The Morgan fingerprint density at radius 3 is 2.71 bits per heavy atom. The fraction of sp³-hybridized carbons (Fsp3) is 0.471. The predicted molar refractivity (Wildman–Crippen MR) is 82.8 cm³/mol. The van der Waals surface area contributed by atoms with Gasteiger partial charge in [-0.15, -0.1) is 0 Å². The normalized spacial score (nSPS) is 19.1. The van der Waals surface area contributed by atoms with Crippen LogP contribution in [0.1, 0.15) is 39.7 Å². The van der Waals surface area contributed by atoms with Crippen LogP contribution in [-0.4, -0.2) is 28.2 Å². The zero-order chi connectivity index (χ0) is 15.6. The van der Waals surface area contributed by atoms with E-state index >= 15 is 0 Å². The average Bonchev–Trinajstić information content (AvgIpc) is 2.36. The number of nitrogens with zero attached hydrogens (tertiary/aromatic N) is 1. The fourth-order valence-electron chi connectivity index (χ4n) is 2.34. The highest BCUT2D eigenvalue weighted by molar-refractivity contribution is 5.83. The van der Waals surface area contributed by atoms with Crippen LogP contribution in [0.25, 0.3) is 5.70 Å². The van der Waals surface area contributed by atoms with Gasteiger partial charge in [-0.05, 0) is 45.2 Å². The summed E-state index contributed by atoms with van der Waals surface area (Å²) in [4.78, 5) is 14.1. The molecular weight excluding hydrogens is 266 g/mol. The number of hydrogen-bond donors (Lipinski definition) is 1. The van der Waals surface area contributed by atoms with E-state index in [9.17, 15) is 9.90 Å². The van der Waals surface area contributed by atoms with Gasteiger partial charge >= 0.3 is 6.09 Å². The smallest absolute Gasteiger partial charge is 0.414 e. The van der Waals surface area contributed by atoms with E-state index in [1.54, 1.807) is 23.1 Å². The molecule has 0 saturated carbocycles. The number of rotatable bonds is 1. The number of ether oxygens (including phenoxy) is 1. The Hall–Kier alpha value is -1.97. The van der Waals surface area contributed by atoms with Crippen LogP contribution >= 0.6 is 0 Å². The molecule has 0 aromatic heterocycles. The van der Waals surface area contributed by atoms with E-state index < -0.39 is 5.60 Å². The lowest BCUT2D eigenvalue weighted by molar-refractivity contribution is 0.0327. The minimum absolute atomic E-state index is 0.191. The summed E-state index contributed by atoms with van der Waals surface area (Å²) < 4.78 is 5.49. The van der Waals surface area contributed by atoms with Crippen LogP contribution in [0.15, 0.2) is 30.3 Å². The van der Waals surface area contributed by atoms with Crippen LogP contribution in [0, 0.1) is 5.92 Å². The number of amides is 1. The molecule has 1 N–H and O–H groups in total. The van der Waals surface area contributed by atoms with Gasteiger partial charge in [-0.1, -0.05) is 25.1 Å². The fourth-order valence-corrected chi connectivity index (χ4v) is 2.34. The Bertz CT molecular complexity index is 557. The summed E-state index contributed by atoms with van der Waals surface area (Å²) in [7, 11) is 0. The first-order chi connectivity index (χ1) is 9.76. The Labute approximate surface area is 126 Å². The first-order valence-corrected chi connectivity index (χ1v) is 7.26. The van der Waals surface area contributed by atoms with E-state index in [2.05, 4.69) is 6.92 Å². The molecule has 0 saturated heterocycles. The molecule has 4 nitrogen and oxygen atoms in total. The average molecular weight is 289 g/mol. The minimum atomic E-state index is -0.526. The van der Waals surface area contributed by atoms with Crippen LogP contribution in [0.4, 0.5) is 4.79 Å². The van der Waals surface area contributed by atoms with E-state index in [4.69, 9.17) is 4.74 Å². The zero-order valence-corrected chi connectivity index (χ0v) is 13.1. The third-order valence-corrected chi connectivity index (χ3v) is 3.25. The second kappa shape index (κ2) is 5.80. The largest absolute Gasteiger partial charge is 0.508 e. The lowest BCUT2D eigenvalue weighted by atomic mass is 9.98. The van der Waals surface area contributed by atoms with E-state index in [0.29, 0.717) is 12.5 Å². The van der Waals surface area contributed by atoms with E-state index in [1.165, 1.54) is 0 Å². The van der Waals surface area contributed by atoms with Crippen molar-refractivity contribution >= 4 is 11.8 Å². The van der Waals surface area contributed by atoms with Crippen molar-refractivity contribution in [2.45, 2.75) is 39.7 Å². The second-order valence-electron chi connectivity index (χ2n) is 6.57. The maximum absolute atomic E-state index is 12.4. The van der Waals surface area contributed by atoms with Crippen molar-refractivity contribution in [3.05, 3.63) is 35.9 Å². The van der Waals surface area contributed by atoms with Gasteiger partial charge in [0.2, 0.25) is 0 Å². The lowest BCUT2D eigenvalue weighted by Crippen LogP contribution is -2.39. The van der Waals surface area contributed by atoms with Crippen molar-refractivity contribution in [1.82, 2.24) is 4.90 Å². The zero-order valence-electron chi connectivity index (χ0n) is 13.1. The molecule has 1 unspecified atom stereocenters. The standard InChI is InChI=1S/C17H23NO3/c1-12-8-9-15(13-6-5-7-14(19)10-13)18(11-12)16(20)21-17(2,3)4/h5-7,9-10,12,19H,8,11H2,1-4H3. The summed E-state index contributed by atoms with van der Waals surface area (Å²) in [5, 5.41) is 9.65. The van der Waals surface area contributed by atoms with Crippen molar-refractivity contribution in [2.24, 2.45) is 5.92 Å². The van der Waals surface area contributed by atoms with Gasteiger partial charge in [0, 0.05) is 12.1 Å². The first-order valence-electron chi connectivity index (χ1n) is 7.26. The Balaban J connectivity index is 2.30. The highest BCUT2D eigenvalue weighted by atomic mass is 16.6. The SMILES string of the molecule is CC1CC=C(c2cccc(O)c2)N(C(=O)OC(C)(C)C)C1. The molecule has 1 amide bonds. The Kier molecular flexibility index (Phi) is 4.26. The predicted octanol–water partition coefficient (Wildman–Crippen LogP) is 4.01. The van der Waals surface area contributed by atoms with Crippen molar-refractivity contribution < 1.29 is 14.6 Å². The van der Waals surface area contributed by atoms with Crippen LogP contribution in [0.5, 0.6) is 5.75 Å². The number of phenolic OH excluding ortho intramolecular Hbond substituents is 1. The quantitative estimate of drug-likeness (QED) is 0.849. The van der Waals surface area contributed by atoms with Gasteiger partial charge in [0.15, 0.2) is 0 Å². The van der Waals surface area contributed by atoms with Crippen molar-refractivity contribution in [2.75, 3.05) is 6.54 Å². The summed E-state index contributed by atoms with van der Waals surface area (Å²) in [5.74, 6) is 0.578. The summed E-state index contributed by atoms with van der Waals surface area (Å²) >= 11 is 0. The molecule has 0 fully saturated rings. The molecular formula is C17H23NO3. The van der Waals surface area contributed by atoms with Gasteiger partial charge in [0.05, 0.1) is 5.70 Å². The number of benzene rings is 1. The van der Waals surface area contributed by atoms with Gasteiger partial charge in [0.25, 0.3) is 0 Å². The number of allylic oxidation sites excluding steroid dienone is 1. The van der Waals surface area contributed by atoms with Gasteiger partial charge in [-0.25, -0.2) is 4.79 Å². The van der Waals surface area contributed by atoms with Gasteiger partial charge < -0.3 is 9.84 Å². The molecule has 1 heterocycles. The monoisotopic (exact) mass is 289 g/mol. The molecule has 114 valence electrons. The molecule has 2 rings (SSSR count). The molecule has 1 aromatic carbocycles.